The van der Waals surface area contributed by atoms with E-state index in [1.807, 2.05) is 19.1 Å². The molecule has 0 amide bonds. The van der Waals surface area contributed by atoms with Gasteiger partial charge < -0.3 is 14.6 Å². The molecule has 0 fully saturated rings. The molecule has 3 nitrogen and oxygen atoms in total. The zero-order chi connectivity index (χ0) is 8.97. The zero-order valence-corrected chi connectivity index (χ0v) is 7.10. The molecular formula is C9H14O3. The third-order valence-corrected chi connectivity index (χ3v) is 1.87. The van der Waals surface area contributed by atoms with Crippen LogP contribution in [0.4, 0.5) is 0 Å². The Bertz CT molecular complexity index is 206. The van der Waals surface area contributed by atoms with Gasteiger partial charge >= 0.3 is 0 Å². The van der Waals surface area contributed by atoms with Crippen LogP contribution in [0, 0.1) is 0 Å². The lowest BCUT2D eigenvalue weighted by molar-refractivity contribution is 0.0817. The van der Waals surface area contributed by atoms with Gasteiger partial charge in [0.2, 0.25) is 0 Å². The average molecular weight is 170 g/mol. The summed E-state index contributed by atoms with van der Waals surface area (Å²) in [7, 11) is 0. The summed E-state index contributed by atoms with van der Waals surface area (Å²) in [6.45, 7) is 1.77. The molecule has 0 aliphatic heterocycles. The number of hydrogen-bond acceptors (Lipinski definition) is 3. The molecule has 0 aromatic carbocycles. The minimum Gasteiger partial charge on any atom is -0.469 e. The van der Waals surface area contributed by atoms with Crippen LogP contribution in [0.2, 0.25) is 0 Å². The van der Waals surface area contributed by atoms with Crippen molar-refractivity contribution in [3.63, 3.8) is 0 Å². The molecule has 68 valence electrons. The van der Waals surface area contributed by atoms with E-state index in [9.17, 15) is 0 Å². The molecule has 1 rings (SSSR count). The number of rotatable bonds is 4. The van der Waals surface area contributed by atoms with E-state index < -0.39 is 6.10 Å². The molecule has 0 saturated heterocycles. The van der Waals surface area contributed by atoms with E-state index in [0.717, 1.165) is 5.76 Å². The van der Waals surface area contributed by atoms with Crippen LogP contribution < -0.4 is 0 Å². The highest BCUT2D eigenvalue weighted by atomic mass is 16.3. The lowest BCUT2D eigenvalue weighted by atomic mass is 10.0. The Kier molecular flexibility index (Phi) is 3.31. The molecule has 0 bridgehead atoms. The summed E-state index contributed by atoms with van der Waals surface area (Å²) in [4.78, 5) is 0. The number of aliphatic hydroxyl groups excluding tert-OH is 2. The van der Waals surface area contributed by atoms with Crippen LogP contribution in [0.1, 0.15) is 25.0 Å². The summed E-state index contributed by atoms with van der Waals surface area (Å²) >= 11 is 0. The first-order valence-corrected chi connectivity index (χ1v) is 4.06. The van der Waals surface area contributed by atoms with Crippen LogP contribution in [0.5, 0.6) is 0 Å². The summed E-state index contributed by atoms with van der Waals surface area (Å²) in [5.41, 5.74) is 0. The van der Waals surface area contributed by atoms with Gasteiger partial charge in [0.05, 0.1) is 19.0 Å². The minimum absolute atomic E-state index is 0.155. The summed E-state index contributed by atoms with van der Waals surface area (Å²) in [6.07, 6.45) is 1.49. The van der Waals surface area contributed by atoms with Crippen molar-refractivity contribution in [3.8, 4) is 0 Å². The number of hydrogen-bond donors (Lipinski definition) is 2. The SMILES string of the molecule is CC(CC(O)CO)c1ccco1. The first-order valence-electron chi connectivity index (χ1n) is 4.06. The second-order valence-corrected chi connectivity index (χ2v) is 2.99. The van der Waals surface area contributed by atoms with E-state index in [4.69, 9.17) is 14.6 Å². The van der Waals surface area contributed by atoms with Crippen LogP contribution in [-0.4, -0.2) is 22.9 Å². The lowest BCUT2D eigenvalue weighted by Crippen LogP contribution is -2.14. The molecule has 0 saturated carbocycles. The Morgan fingerprint density at radius 1 is 1.58 bits per heavy atom. The van der Waals surface area contributed by atoms with Gasteiger partial charge in [0.1, 0.15) is 5.76 Å². The van der Waals surface area contributed by atoms with Crippen LogP contribution in [0.15, 0.2) is 22.8 Å². The van der Waals surface area contributed by atoms with E-state index in [-0.39, 0.29) is 12.5 Å². The fraction of sp³-hybridized carbons (Fsp3) is 0.556. The quantitative estimate of drug-likeness (QED) is 0.712. The number of furan rings is 1. The Labute approximate surface area is 71.6 Å². The highest BCUT2D eigenvalue weighted by molar-refractivity contribution is 5.04. The second-order valence-electron chi connectivity index (χ2n) is 2.99. The average Bonchev–Trinajstić information content (AvgIpc) is 2.56. The van der Waals surface area contributed by atoms with Crippen molar-refractivity contribution in [2.75, 3.05) is 6.61 Å². The Hall–Kier alpha value is -0.800. The zero-order valence-electron chi connectivity index (χ0n) is 7.10. The molecule has 3 heteroatoms. The second kappa shape index (κ2) is 4.28. The first-order chi connectivity index (χ1) is 5.74. The van der Waals surface area contributed by atoms with Gasteiger partial charge in [-0.3, -0.25) is 0 Å². The van der Waals surface area contributed by atoms with Crippen molar-refractivity contribution >= 4 is 0 Å². The standard InChI is InChI=1S/C9H14O3/c1-7(5-8(11)6-10)9-3-2-4-12-9/h2-4,7-8,10-11H,5-6H2,1H3. The summed E-state index contributed by atoms with van der Waals surface area (Å²) in [5, 5.41) is 17.7. The van der Waals surface area contributed by atoms with E-state index in [1.54, 1.807) is 6.26 Å². The number of aliphatic hydroxyl groups is 2. The van der Waals surface area contributed by atoms with Crippen molar-refractivity contribution < 1.29 is 14.6 Å². The van der Waals surface area contributed by atoms with Crippen LogP contribution in [-0.2, 0) is 0 Å². The summed E-state index contributed by atoms with van der Waals surface area (Å²) < 4.78 is 5.15. The molecule has 12 heavy (non-hydrogen) atoms. The van der Waals surface area contributed by atoms with Crippen LogP contribution in [0.3, 0.4) is 0 Å². The highest BCUT2D eigenvalue weighted by Crippen LogP contribution is 2.20. The maximum absolute atomic E-state index is 9.14. The molecule has 2 N–H and O–H groups in total. The van der Waals surface area contributed by atoms with Gasteiger partial charge in [0.15, 0.2) is 0 Å². The highest BCUT2D eigenvalue weighted by Gasteiger charge is 2.12. The predicted molar refractivity (Wildman–Crippen MR) is 44.8 cm³/mol. The Morgan fingerprint density at radius 2 is 2.33 bits per heavy atom. The predicted octanol–water partition coefficient (Wildman–Crippen LogP) is 1.13. The molecule has 0 aliphatic carbocycles. The minimum atomic E-state index is -0.648. The van der Waals surface area contributed by atoms with Gasteiger partial charge in [-0.25, -0.2) is 0 Å². The third-order valence-electron chi connectivity index (χ3n) is 1.87. The van der Waals surface area contributed by atoms with Gasteiger partial charge in [0, 0.05) is 5.92 Å². The van der Waals surface area contributed by atoms with E-state index in [0.29, 0.717) is 6.42 Å². The van der Waals surface area contributed by atoms with Gasteiger partial charge in [-0.05, 0) is 18.6 Å². The van der Waals surface area contributed by atoms with Crippen molar-refractivity contribution in [2.45, 2.75) is 25.4 Å². The molecule has 2 unspecified atom stereocenters. The van der Waals surface area contributed by atoms with Crippen LogP contribution >= 0.6 is 0 Å². The molecule has 0 aliphatic rings. The molecule has 0 spiro atoms. The fourth-order valence-electron chi connectivity index (χ4n) is 1.17. The van der Waals surface area contributed by atoms with Gasteiger partial charge in [-0.15, -0.1) is 0 Å². The smallest absolute Gasteiger partial charge is 0.106 e. The molecule has 2 atom stereocenters. The van der Waals surface area contributed by atoms with Crippen molar-refractivity contribution in [2.24, 2.45) is 0 Å². The molecule has 1 heterocycles. The maximum atomic E-state index is 9.14. The molecule has 0 radical (unpaired) electrons. The van der Waals surface area contributed by atoms with Crippen molar-refractivity contribution in [3.05, 3.63) is 24.2 Å². The summed E-state index contributed by atoms with van der Waals surface area (Å²) in [5.74, 6) is 1.00. The van der Waals surface area contributed by atoms with Gasteiger partial charge in [-0.1, -0.05) is 6.92 Å². The van der Waals surface area contributed by atoms with Crippen molar-refractivity contribution in [1.29, 1.82) is 0 Å². The molecule has 1 aromatic rings. The monoisotopic (exact) mass is 170 g/mol. The topological polar surface area (TPSA) is 53.6 Å². The third kappa shape index (κ3) is 2.36. The van der Waals surface area contributed by atoms with Crippen LogP contribution in [0.25, 0.3) is 0 Å². The lowest BCUT2D eigenvalue weighted by Gasteiger charge is -2.11. The van der Waals surface area contributed by atoms with Crippen molar-refractivity contribution in [1.82, 2.24) is 0 Å². The normalized spacial score (nSPS) is 15.9. The van der Waals surface area contributed by atoms with Gasteiger partial charge in [0.25, 0.3) is 0 Å². The Balaban J connectivity index is 2.44. The van der Waals surface area contributed by atoms with E-state index in [1.165, 1.54) is 0 Å². The van der Waals surface area contributed by atoms with E-state index in [2.05, 4.69) is 0 Å². The Morgan fingerprint density at radius 3 is 2.83 bits per heavy atom. The molecule has 1 aromatic heterocycles. The molecular weight excluding hydrogens is 156 g/mol. The largest absolute Gasteiger partial charge is 0.469 e. The maximum Gasteiger partial charge on any atom is 0.106 e. The van der Waals surface area contributed by atoms with Gasteiger partial charge in [-0.2, -0.15) is 0 Å². The fourth-order valence-corrected chi connectivity index (χ4v) is 1.17. The summed E-state index contributed by atoms with van der Waals surface area (Å²) in [6, 6.07) is 3.69. The van der Waals surface area contributed by atoms with E-state index >= 15 is 0 Å². The first kappa shape index (κ1) is 9.29.